The monoisotopic (exact) mass is 155 g/mol. The van der Waals surface area contributed by atoms with Crippen LogP contribution >= 0.6 is 0 Å². The van der Waals surface area contributed by atoms with Gasteiger partial charge in [-0.3, -0.25) is 9.78 Å². The number of hydrogen-bond acceptors (Lipinski definition) is 4. The van der Waals surface area contributed by atoms with Crippen LogP contribution in [-0.2, 0) is 0 Å². The van der Waals surface area contributed by atoms with Crippen LogP contribution in [0, 0.1) is 0 Å². The first kappa shape index (κ1) is 7.84. The van der Waals surface area contributed by atoms with Gasteiger partial charge in [-0.15, -0.1) is 0 Å². The van der Waals surface area contributed by atoms with Gasteiger partial charge in [0.05, 0.1) is 0 Å². The summed E-state index contributed by atoms with van der Waals surface area (Å²) in [5.41, 5.74) is -0.612. The highest BCUT2D eigenvalue weighted by Crippen LogP contribution is 1.93. The quantitative estimate of drug-likeness (QED) is 0.345. The van der Waals surface area contributed by atoms with Crippen molar-refractivity contribution in [2.75, 3.05) is 0 Å². The number of aromatic amines is 1. The molecule has 1 heterocycles. The Morgan fingerprint density at radius 3 is 2.45 bits per heavy atom. The Balaban J connectivity index is 3.19. The molecule has 0 saturated carbocycles. The van der Waals surface area contributed by atoms with E-state index >= 15 is 0 Å². The van der Waals surface area contributed by atoms with Crippen LogP contribution in [0.25, 0.3) is 0 Å². The molecule has 0 saturated heterocycles. The highest BCUT2D eigenvalue weighted by atomic mass is 16.4. The van der Waals surface area contributed by atoms with Crippen LogP contribution < -0.4 is 11.0 Å². The molecule has 1 aromatic rings. The van der Waals surface area contributed by atoms with Crippen LogP contribution in [0.1, 0.15) is 0 Å². The van der Waals surface area contributed by atoms with Crippen LogP contribution in [0.4, 0.5) is 0 Å². The normalized spacial score (nSPS) is 9.64. The number of aromatic nitrogens is 1. The molecule has 0 unspecified atom stereocenters. The maximum absolute atomic E-state index is 10.6. The van der Waals surface area contributed by atoms with Gasteiger partial charge in [0.25, 0.3) is 0 Å². The number of nitrogens with one attached hydrogen (secondary N) is 1. The highest BCUT2D eigenvalue weighted by molar-refractivity contribution is 6.58. The van der Waals surface area contributed by atoms with E-state index in [-0.39, 0.29) is 11.3 Å². The fraction of sp³-hybridized carbons (Fsp3) is 0. The molecule has 0 fully saturated rings. The average molecular weight is 155 g/mol. The Morgan fingerprint density at radius 1 is 1.36 bits per heavy atom. The SMILES string of the molecule is O=c1cc(B(O)O)cc(O)[nH]1. The minimum absolute atomic E-state index is 0.0359. The third-order valence-corrected chi connectivity index (χ3v) is 1.15. The summed E-state index contributed by atoms with van der Waals surface area (Å²) < 4.78 is 0. The lowest BCUT2D eigenvalue weighted by atomic mass is 9.81. The van der Waals surface area contributed by atoms with Crippen molar-refractivity contribution >= 4 is 12.6 Å². The molecule has 0 aromatic carbocycles. The first-order chi connectivity index (χ1) is 5.09. The zero-order chi connectivity index (χ0) is 8.43. The molecule has 1 aromatic heterocycles. The summed E-state index contributed by atoms with van der Waals surface area (Å²) in [5.74, 6) is -0.388. The van der Waals surface area contributed by atoms with Crippen molar-refractivity contribution < 1.29 is 15.2 Å². The van der Waals surface area contributed by atoms with Crippen LogP contribution in [0.15, 0.2) is 16.9 Å². The Bertz CT molecular complexity index is 308. The summed E-state index contributed by atoms with van der Waals surface area (Å²) in [4.78, 5) is 12.6. The van der Waals surface area contributed by atoms with Crippen LogP contribution in [-0.4, -0.2) is 27.3 Å². The fourth-order valence-electron chi connectivity index (χ4n) is 0.698. The van der Waals surface area contributed by atoms with E-state index in [0.717, 1.165) is 12.1 Å². The van der Waals surface area contributed by atoms with Gasteiger partial charge in [0.15, 0.2) is 5.88 Å². The number of H-pyrrole nitrogens is 1. The van der Waals surface area contributed by atoms with Gasteiger partial charge in [0.2, 0.25) is 5.56 Å². The van der Waals surface area contributed by atoms with Crippen molar-refractivity contribution in [1.82, 2.24) is 4.98 Å². The molecule has 58 valence electrons. The minimum Gasteiger partial charge on any atom is -0.495 e. The Morgan fingerprint density at radius 2 is 2.00 bits per heavy atom. The highest BCUT2D eigenvalue weighted by Gasteiger charge is 2.11. The zero-order valence-electron chi connectivity index (χ0n) is 5.48. The van der Waals surface area contributed by atoms with Gasteiger partial charge in [-0.1, -0.05) is 0 Å². The molecule has 0 atom stereocenters. The van der Waals surface area contributed by atoms with E-state index in [1.54, 1.807) is 0 Å². The summed E-state index contributed by atoms with van der Waals surface area (Å²) in [5, 5.41) is 25.9. The second-order valence-electron chi connectivity index (χ2n) is 2.04. The van der Waals surface area contributed by atoms with Gasteiger partial charge in [-0.2, -0.15) is 0 Å². The second-order valence-corrected chi connectivity index (χ2v) is 2.04. The lowest BCUT2D eigenvalue weighted by molar-refractivity contribution is 0.423. The van der Waals surface area contributed by atoms with E-state index in [0.29, 0.717) is 0 Å². The molecule has 0 amide bonds. The first-order valence-electron chi connectivity index (χ1n) is 2.89. The number of aromatic hydroxyl groups is 1. The van der Waals surface area contributed by atoms with Gasteiger partial charge >= 0.3 is 7.12 Å². The molecule has 0 bridgehead atoms. The predicted octanol–water partition coefficient (Wildman–Crippen LogP) is -2.24. The molecule has 4 N–H and O–H groups in total. The van der Waals surface area contributed by atoms with E-state index in [2.05, 4.69) is 0 Å². The number of pyridine rings is 1. The lowest BCUT2D eigenvalue weighted by Crippen LogP contribution is -2.32. The van der Waals surface area contributed by atoms with Crippen molar-refractivity contribution in [3.63, 3.8) is 0 Å². The zero-order valence-corrected chi connectivity index (χ0v) is 5.48. The molecule has 1 rings (SSSR count). The van der Waals surface area contributed by atoms with Gasteiger partial charge < -0.3 is 15.2 Å². The molecule has 11 heavy (non-hydrogen) atoms. The molecular formula is C5H6BNO4. The maximum atomic E-state index is 10.6. The molecule has 0 aliphatic rings. The van der Waals surface area contributed by atoms with Crippen molar-refractivity contribution in [1.29, 1.82) is 0 Å². The number of hydrogen-bond donors (Lipinski definition) is 4. The Hall–Kier alpha value is -1.27. The molecule has 0 radical (unpaired) electrons. The molecule has 6 heteroatoms. The summed E-state index contributed by atoms with van der Waals surface area (Å²) in [7, 11) is -1.73. The van der Waals surface area contributed by atoms with E-state index in [1.807, 2.05) is 4.98 Å². The standard InChI is InChI=1S/C5H6BNO4/c8-4-1-3(6(10)11)2-5(9)7-4/h1-2,10-11H,(H2,7,8,9). The number of rotatable bonds is 1. The molecule has 0 aliphatic heterocycles. The Kier molecular flexibility index (Phi) is 1.97. The van der Waals surface area contributed by atoms with E-state index < -0.39 is 12.7 Å². The Labute approximate surface area is 62.1 Å². The van der Waals surface area contributed by atoms with Crippen molar-refractivity contribution in [3.8, 4) is 5.88 Å². The van der Waals surface area contributed by atoms with Crippen molar-refractivity contribution in [3.05, 3.63) is 22.5 Å². The molecule has 0 aliphatic carbocycles. The maximum Gasteiger partial charge on any atom is 0.488 e. The van der Waals surface area contributed by atoms with Crippen LogP contribution in [0.2, 0.25) is 0 Å². The molecule has 5 nitrogen and oxygen atoms in total. The molecular weight excluding hydrogens is 149 g/mol. The average Bonchev–Trinajstić information content (AvgIpc) is 1.85. The smallest absolute Gasteiger partial charge is 0.488 e. The van der Waals surface area contributed by atoms with Crippen LogP contribution in [0.3, 0.4) is 0 Å². The van der Waals surface area contributed by atoms with Crippen molar-refractivity contribution in [2.24, 2.45) is 0 Å². The molecule has 0 spiro atoms. The third-order valence-electron chi connectivity index (χ3n) is 1.15. The predicted molar refractivity (Wildman–Crippen MR) is 38.6 cm³/mol. The summed E-state index contributed by atoms with van der Waals surface area (Å²) in [6, 6.07) is 2.05. The summed E-state index contributed by atoms with van der Waals surface area (Å²) >= 11 is 0. The van der Waals surface area contributed by atoms with E-state index in [9.17, 15) is 4.79 Å². The lowest BCUT2D eigenvalue weighted by Gasteiger charge is -1.97. The first-order valence-corrected chi connectivity index (χ1v) is 2.89. The van der Waals surface area contributed by atoms with E-state index in [4.69, 9.17) is 15.2 Å². The summed E-state index contributed by atoms with van der Waals surface area (Å²) in [6.07, 6.45) is 0. The van der Waals surface area contributed by atoms with Crippen LogP contribution in [0.5, 0.6) is 5.88 Å². The van der Waals surface area contributed by atoms with Gasteiger partial charge in [-0.05, 0) is 11.5 Å². The van der Waals surface area contributed by atoms with E-state index in [1.165, 1.54) is 0 Å². The third kappa shape index (κ3) is 1.82. The topological polar surface area (TPSA) is 93.6 Å². The summed E-state index contributed by atoms with van der Waals surface area (Å²) in [6.45, 7) is 0. The van der Waals surface area contributed by atoms with Crippen molar-refractivity contribution in [2.45, 2.75) is 0 Å². The van der Waals surface area contributed by atoms with Gasteiger partial charge in [0, 0.05) is 6.07 Å². The second kappa shape index (κ2) is 2.77. The fourth-order valence-corrected chi connectivity index (χ4v) is 0.698. The largest absolute Gasteiger partial charge is 0.495 e. The minimum atomic E-state index is -1.73. The van der Waals surface area contributed by atoms with Gasteiger partial charge in [0.1, 0.15) is 0 Å². The van der Waals surface area contributed by atoms with Gasteiger partial charge in [-0.25, -0.2) is 0 Å².